The molecule has 162 valence electrons. The Bertz CT molecular complexity index is 897. The van der Waals surface area contributed by atoms with Crippen molar-refractivity contribution < 1.29 is 41.0 Å². The second-order valence-corrected chi connectivity index (χ2v) is 6.44. The summed E-state index contributed by atoms with van der Waals surface area (Å²) in [6, 6.07) is 8.38. The lowest BCUT2D eigenvalue weighted by molar-refractivity contribution is -0.253. The molecule has 0 bridgehead atoms. The van der Waals surface area contributed by atoms with E-state index in [4.69, 9.17) is 4.74 Å². The number of ether oxygens (including phenoxy) is 2. The van der Waals surface area contributed by atoms with Crippen molar-refractivity contribution in [1.82, 2.24) is 0 Å². The molecule has 0 aliphatic carbocycles. The minimum absolute atomic E-state index is 0.00506. The first-order valence-electron chi connectivity index (χ1n) is 8.96. The zero-order valence-electron chi connectivity index (χ0n) is 16.1. The van der Waals surface area contributed by atoms with Crippen LogP contribution in [0.5, 0.6) is 5.75 Å². The number of hydrogen-bond acceptors (Lipinski definition) is 4. The molecule has 0 N–H and O–H groups in total. The Balaban J connectivity index is 2.33. The molecule has 1 atom stereocenters. The highest BCUT2D eigenvalue weighted by Gasteiger charge is 2.44. The van der Waals surface area contributed by atoms with E-state index in [1.165, 1.54) is 31.2 Å². The maximum Gasteiger partial charge on any atom is 0.461 e. The Hall–Kier alpha value is -2.97. The number of ketones is 1. The molecule has 2 aromatic rings. The van der Waals surface area contributed by atoms with Crippen LogP contribution in [-0.4, -0.2) is 30.9 Å². The van der Waals surface area contributed by atoms with Crippen LogP contribution in [0.2, 0.25) is 0 Å². The molecular weight excluding hydrogens is 411 g/mol. The first kappa shape index (κ1) is 23.3. The van der Waals surface area contributed by atoms with Crippen molar-refractivity contribution in [1.29, 1.82) is 0 Å². The summed E-state index contributed by atoms with van der Waals surface area (Å²) in [7, 11) is 0. The fraction of sp³-hybridized carbons (Fsp3) is 0.333. The molecule has 0 fully saturated rings. The third-order valence-corrected chi connectivity index (χ3v) is 4.21. The third-order valence-electron chi connectivity index (χ3n) is 4.21. The van der Waals surface area contributed by atoms with Gasteiger partial charge in [0.15, 0.2) is 5.78 Å². The number of carbonyl (C=O) groups excluding carboxylic acids is 2. The molecular formula is C21H19F5O4. The number of Topliss-reactive ketones (excluding diaryl/α,β-unsaturated/α-hetero) is 1. The maximum atomic E-state index is 13.3. The summed E-state index contributed by atoms with van der Waals surface area (Å²) in [5, 5.41) is 0. The highest BCUT2D eigenvalue weighted by Crippen LogP contribution is 2.31. The maximum absolute atomic E-state index is 13.3. The molecule has 2 aromatic carbocycles. The van der Waals surface area contributed by atoms with Gasteiger partial charge in [0.1, 0.15) is 17.5 Å². The van der Waals surface area contributed by atoms with Crippen molar-refractivity contribution in [3.8, 4) is 5.75 Å². The van der Waals surface area contributed by atoms with Crippen LogP contribution in [0.3, 0.4) is 0 Å². The fourth-order valence-electron chi connectivity index (χ4n) is 2.65. The molecule has 0 heterocycles. The molecule has 1 unspecified atom stereocenters. The van der Waals surface area contributed by atoms with Crippen LogP contribution in [0, 0.1) is 18.7 Å². The summed E-state index contributed by atoms with van der Waals surface area (Å²) < 4.78 is 73.7. The van der Waals surface area contributed by atoms with E-state index in [9.17, 15) is 31.5 Å². The topological polar surface area (TPSA) is 52.6 Å². The van der Waals surface area contributed by atoms with Crippen LogP contribution in [-0.2, 0) is 16.0 Å². The van der Waals surface area contributed by atoms with Crippen LogP contribution in [0.1, 0.15) is 28.4 Å². The monoisotopic (exact) mass is 430 g/mol. The second kappa shape index (κ2) is 9.69. The van der Waals surface area contributed by atoms with E-state index in [0.29, 0.717) is 0 Å². The number of carbonyl (C=O) groups is 2. The van der Waals surface area contributed by atoms with Gasteiger partial charge in [0.2, 0.25) is 0 Å². The molecule has 9 heteroatoms. The Morgan fingerprint density at radius 3 is 2.27 bits per heavy atom. The van der Waals surface area contributed by atoms with Gasteiger partial charge in [-0.15, -0.1) is 0 Å². The van der Waals surface area contributed by atoms with Crippen LogP contribution < -0.4 is 4.74 Å². The molecule has 0 amide bonds. The second-order valence-electron chi connectivity index (χ2n) is 6.44. The normalized spacial score (nSPS) is 12.5. The molecule has 4 nitrogen and oxygen atoms in total. The first-order valence-corrected chi connectivity index (χ1v) is 8.96. The number of esters is 1. The SMILES string of the molecule is CCOC(=O)C(Cc1ccc(C)c(OC(F)(F)C(F)F)c1)C(=O)c1ccc(F)cc1. The van der Waals surface area contributed by atoms with Gasteiger partial charge in [-0.05, 0) is 61.7 Å². The minimum atomic E-state index is -4.70. The van der Waals surface area contributed by atoms with Crippen molar-refractivity contribution in [3.63, 3.8) is 0 Å². The van der Waals surface area contributed by atoms with Gasteiger partial charge < -0.3 is 9.47 Å². The van der Waals surface area contributed by atoms with E-state index in [2.05, 4.69) is 4.74 Å². The molecule has 2 rings (SSSR count). The predicted octanol–water partition coefficient (Wildman–Crippen LogP) is 4.98. The fourth-order valence-corrected chi connectivity index (χ4v) is 2.65. The minimum Gasteiger partial charge on any atom is -0.465 e. The zero-order valence-corrected chi connectivity index (χ0v) is 16.1. The van der Waals surface area contributed by atoms with Crippen molar-refractivity contribution in [2.24, 2.45) is 5.92 Å². The molecule has 0 radical (unpaired) electrons. The smallest absolute Gasteiger partial charge is 0.461 e. The lowest BCUT2D eigenvalue weighted by Gasteiger charge is -2.20. The van der Waals surface area contributed by atoms with Gasteiger partial charge in [-0.2, -0.15) is 17.6 Å². The van der Waals surface area contributed by atoms with Gasteiger partial charge in [-0.3, -0.25) is 9.59 Å². The van der Waals surface area contributed by atoms with Gasteiger partial charge in [0.25, 0.3) is 0 Å². The van der Waals surface area contributed by atoms with Crippen molar-refractivity contribution in [3.05, 3.63) is 65.0 Å². The molecule has 0 aliphatic heterocycles. The standard InChI is InChI=1S/C21H19F5O4/c1-3-29-19(28)16(18(27)14-6-8-15(22)9-7-14)10-13-5-4-12(2)17(11-13)30-21(25,26)20(23)24/h4-9,11,16,20H,3,10H2,1-2H3. The zero-order chi connectivity index (χ0) is 22.5. The van der Waals surface area contributed by atoms with E-state index >= 15 is 0 Å². The quantitative estimate of drug-likeness (QED) is 0.244. The highest BCUT2D eigenvalue weighted by molar-refractivity contribution is 6.08. The number of hydrogen-bond donors (Lipinski definition) is 0. The summed E-state index contributed by atoms with van der Waals surface area (Å²) in [6.07, 6.45) is -8.99. The Morgan fingerprint density at radius 1 is 1.07 bits per heavy atom. The number of rotatable bonds is 9. The van der Waals surface area contributed by atoms with Crippen LogP contribution in [0.4, 0.5) is 22.0 Å². The highest BCUT2D eigenvalue weighted by atomic mass is 19.3. The van der Waals surface area contributed by atoms with Crippen LogP contribution in [0.25, 0.3) is 0 Å². The summed E-state index contributed by atoms with van der Waals surface area (Å²) in [4.78, 5) is 25.1. The predicted molar refractivity (Wildman–Crippen MR) is 97.3 cm³/mol. The van der Waals surface area contributed by atoms with E-state index in [0.717, 1.165) is 18.2 Å². The lowest BCUT2D eigenvalue weighted by Crippen LogP contribution is -2.33. The van der Waals surface area contributed by atoms with E-state index < -0.39 is 41.8 Å². The van der Waals surface area contributed by atoms with E-state index in [1.54, 1.807) is 6.92 Å². The van der Waals surface area contributed by atoms with Gasteiger partial charge in [0, 0.05) is 5.56 Å². The summed E-state index contributed by atoms with van der Waals surface area (Å²) in [6.45, 7) is 2.92. The third kappa shape index (κ3) is 5.77. The van der Waals surface area contributed by atoms with Crippen LogP contribution >= 0.6 is 0 Å². The average molecular weight is 430 g/mol. The van der Waals surface area contributed by atoms with Crippen molar-refractivity contribution in [2.45, 2.75) is 32.8 Å². The van der Waals surface area contributed by atoms with Gasteiger partial charge in [-0.1, -0.05) is 12.1 Å². The Labute approximate surface area is 169 Å². The van der Waals surface area contributed by atoms with Gasteiger partial charge in [-0.25, -0.2) is 4.39 Å². The number of benzene rings is 2. The van der Waals surface area contributed by atoms with Gasteiger partial charge in [0.05, 0.1) is 6.61 Å². The first-order chi connectivity index (χ1) is 14.0. The van der Waals surface area contributed by atoms with E-state index in [1.807, 2.05) is 0 Å². The largest absolute Gasteiger partial charge is 0.465 e. The molecule has 0 saturated carbocycles. The summed E-state index contributed by atoms with van der Waals surface area (Å²) in [5.74, 6) is -3.93. The van der Waals surface area contributed by atoms with E-state index in [-0.39, 0.29) is 29.7 Å². The van der Waals surface area contributed by atoms with Crippen LogP contribution in [0.15, 0.2) is 42.5 Å². The Morgan fingerprint density at radius 2 is 1.70 bits per heavy atom. The molecule has 0 aromatic heterocycles. The van der Waals surface area contributed by atoms with Gasteiger partial charge >= 0.3 is 18.5 Å². The van der Waals surface area contributed by atoms with Crippen molar-refractivity contribution in [2.75, 3.05) is 6.61 Å². The molecule has 0 aliphatic rings. The summed E-state index contributed by atoms with van der Waals surface area (Å²) in [5.41, 5.74) is 0.438. The average Bonchev–Trinajstić information content (AvgIpc) is 2.68. The summed E-state index contributed by atoms with van der Waals surface area (Å²) >= 11 is 0. The number of alkyl halides is 4. The molecule has 0 spiro atoms. The number of aryl methyl sites for hydroxylation is 1. The number of halogens is 5. The lowest BCUT2D eigenvalue weighted by atomic mass is 9.91. The Kier molecular flexibility index (Phi) is 7.53. The molecule has 30 heavy (non-hydrogen) atoms. The van der Waals surface area contributed by atoms with Crippen molar-refractivity contribution >= 4 is 11.8 Å². The molecule has 0 saturated heterocycles.